The van der Waals surface area contributed by atoms with Gasteiger partial charge in [-0.25, -0.2) is 4.79 Å². The Labute approximate surface area is 162 Å². The minimum atomic E-state index is -0.715. The van der Waals surface area contributed by atoms with E-state index in [1.807, 2.05) is 26.0 Å². The van der Waals surface area contributed by atoms with E-state index in [4.69, 9.17) is 9.47 Å². The molecule has 0 aliphatic carbocycles. The molecule has 8 nitrogen and oxygen atoms in total. The van der Waals surface area contributed by atoms with Crippen LogP contribution in [0.1, 0.15) is 30.9 Å². The minimum absolute atomic E-state index is 0.0793. The molecule has 0 spiro atoms. The number of anilines is 1. The first-order valence-corrected chi connectivity index (χ1v) is 8.70. The van der Waals surface area contributed by atoms with Gasteiger partial charge in [-0.05, 0) is 30.0 Å². The van der Waals surface area contributed by atoms with Gasteiger partial charge in [0, 0.05) is 6.07 Å². The number of ether oxygens (including phenoxy) is 2. The first-order valence-electron chi connectivity index (χ1n) is 8.70. The lowest BCUT2D eigenvalue weighted by atomic mass is 10.0. The summed E-state index contributed by atoms with van der Waals surface area (Å²) in [5.41, 5.74) is 1.34. The summed E-state index contributed by atoms with van der Waals surface area (Å²) < 4.78 is 10.4. The fraction of sp³-hybridized carbons (Fsp3) is 0.300. The summed E-state index contributed by atoms with van der Waals surface area (Å²) in [6, 6.07) is 11.8. The SMILES string of the molecule is Cc1cccc([N+](=O)[O-])c1NC(=O)COC(=O)COc1ccccc1C(C)C. The molecule has 2 aromatic rings. The maximum Gasteiger partial charge on any atom is 0.344 e. The predicted molar refractivity (Wildman–Crippen MR) is 103 cm³/mol. The third kappa shape index (κ3) is 5.54. The number of nitrogens with zero attached hydrogens (tertiary/aromatic N) is 1. The Morgan fingerprint density at radius 1 is 1.11 bits per heavy atom. The van der Waals surface area contributed by atoms with Crippen LogP contribution < -0.4 is 10.1 Å². The maximum atomic E-state index is 12.0. The molecule has 1 amide bonds. The lowest BCUT2D eigenvalue weighted by molar-refractivity contribution is -0.384. The Morgan fingerprint density at radius 2 is 1.82 bits per heavy atom. The highest BCUT2D eigenvalue weighted by Gasteiger charge is 2.18. The molecule has 0 radical (unpaired) electrons. The number of nitro groups is 1. The highest BCUT2D eigenvalue weighted by Crippen LogP contribution is 2.27. The zero-order valence-electron chi connectivity index (χ0n) is 15.9. The van der Waals surface area contributed by atoms with Gasteiger partial charge in [0.15, 0.2) is 13.2 Å². The van der Waals surface area contributed by atoms with Crippen molar-refractivity contribution in [3.8, 4) is 5.75 Å². The lowest BCUT2D eigenvalue weighted by Crippen LogP contribution is -2.24. The van der Waals surface area contributed by atoms with Crippen LogP contribution in [0.25, 0.3) is 0 Å². The van der Waals surface area contributed by atoms with Crippen molar-refractivity contribution in [3.63, 3.8) is 0 Å². The van der Waals surface area contributed by atoms with Gasteiger partial charge in [-0.2, -0.15) is 0 Å². The second kappa shape index (κ2) is 9.50. The predicted octanol–water partition coefficient (Wildman–Crippen LogP) is 3.59. The molecule has 8 heteroatoms. The molecule has 148 valence electrons. The maximum absolute atomic E-state index is 12.0. The van der Waals surface area contributed by atoms with E-state index in [-0.39, 0.29) is 23.9 Å². The van der Waals surface area contributed by atoms with Crippen LogP contribution in [0.5, 0.6) is 5.75 Å². The van der Waals surface area contributed by atoms with E-state index in [1.165, 1.54) is 12.1 Å². The van der Waals surface area contributed by atoms with E-state index in [0.29, 0.717) is 11.3 Å². The van der Waals surface area contributed by atoms with Crippen molar-refractivity contribution in [2.45, 2.75) is 26.7 Å². The number of benzene rings is 2. The first kappa shape index (κ1) is 20.9. The molecule has 0 saturated heterocycles. The molecule has 28 heavy (non-hydrogen) atoms. The zero-order chi connectivity index (χ0) is 20.7. The number of nitrogens with one attached hydrogen (secondary N) is 1. The first-order chi connectivity index (χ1) is 13.3. The molecule has 2 rings (SSSR count). The third-order valence-electron chi connectivity index (χ3n) is 3.96. The van der Waals surface area contributed by atoms with Crippen molar-refractivity contribution in [1.29, 1.82) is 0 Å². The van der Waals surface area contributed by atoms with Crippen molar-refractivity contribution < 1.29 is 24.0 Å². The quantitative estimate of drug-likeness (QED) is 0.422. The van der Waals surface area contributed by atoms with E-state index >= 15 is 0 Å². The topological polar surface area (TPSA) is 108 Å². The Bertz CT molecular complexity index is 879. The van der Waals surface area contributed by atoms with E-state index in [9.17, 15) is 19.7 Å². The molecule has 0 aliphatic heterocycles. The molecule has 1 N–H and O–H groups in total. The summed E-state index contributed by atoms with van der Waals surface area (Å²) in [5.74, 6) is -0.585. The summed E-state index contributed by atoms with van der Waals surface area (Å²) in [6.45, 7) is 4.74. The summed E-state index contributed by atoms with van der Waals surface area (Å²) in [5, 5.41) is 13.5. The molecule has 0 unspecified atom stereocenters. The number of para-hydroxylation sites is 2. The third-order valence-corrected chi connectivity index (χ3v) is 3.96. The molecule has 0 heterocycles. The second-order valence-electron chi connectivity index (χ2n) is 6.42. The molecule has 0 aliphatic rings. The van der Waals surface area contributed by atoms with Gasteiger partial charge in [-0.1, -0.05) is 44.2 Å². The fourth-order valence-electron chi connectivity index (χ4n) is 2.56. The molecule has 0 aromatic heterocycles. The largest absolute Gasteiger partial charge is 0.482 e. The van der Waals surface area contributed by atoms with E-state index < -0.39 is 23.4 Å². The van der Waals surface area contributed by atoms with Gasteiger partial charge in [0.2, 0.25) is 0 Å². The van der Waals surface area contributed by atoms with Crippen LogP contribution in [0.15, 0.2) is 42.5 Å². The van der Waals surface area contributed by atoms with Crippen LogP contribution in [-0.4, -0.2) is 30.0 Å². The summed E-state index contributed by atoms with van der Waals surface area (Å²) in [6.07, 6.45) is 0. The highest BCUT2D eigenvalue weighted by molar-refractivity contribution is 5.95. The molecule has 2 aromatic carbocycles. The van der Waals surface area contributed by atoms with Gasteiger partial charge in [-0.3, -0.25) is 14.9 Å². The average Bonchev–Trinajstić information content (AvgIpc) is 2.66. The normalized spacial score (nSPS) is 10.4. The number of rotatable bonds is 8. The van der Waals surface area contributed by atoms with Gasteiger partial charge in [0.1, 0.15) is 11.4 Å². The Balaban J connectivity index is 1.89. The number of hydrogen-bond acceptors (Lipinski definition) is 6. The van der Waals surface area contributed by atoms with Crippen molar-refractivity contribution in [3.05, 3.63) is 63.7 Å². The molecule has 0 atom stereocenters. The van der Waals surface area contributed by atoms with Gasteiger partial charge >= 0.3 is 5.97 Å². The monoisotopic (exact) mass is 386 g/mol. The smallest absolute Gasteiger partial charge is 0.344 e. The van der Waals surface area contributed by atoms with Crippen LogP contribution in [0, 0.1) is 17.0 Å². The van der Waals surface area contributed by atoms with E-state index in [0.717, 1.165) is 5.56 Å². The molecular formula is C20H22N2O6. The summed E-state index contributed by atoms with van der Waals surface area (Å²) in [4.78, 5) is 34.4. The van der Waals surface area contributed by atoms with Gasteiger partial charge in [0.05, 0.1) is 4.92 Å². The number of aryl methyl sites for hydroxylation is 1. The number of carbonyl (C=O) groups excluding carboxylic acids is 2. The Morgan fingerprint density at radius 3 is 2.50 bits per heavy atom. The Kier molecular flexibility index (Phi) is 7.08. The highest BCUT2D eigenvalue weighted by atomic mass is 16.6. The summed E-state index contributed by atoms with van der Waals surface area (Å²) in [7, 11) is 0. The number of carbonyl (C=O) groups is 2. The fourth-order valence-corrected chi connectivity index (χ4v) is 2.56. The standard InChI is InChI=1S/C20H22N2O6/c1-13(2)15-8-4-5-10-17(15)27-12-19(24)28-11-18(23)21-20-14(3)7-6-9-16(20)22(25)26/h4-10,13H,11-12H2,1-3H3,(H,21,23). The molecular weight excluding hydrogens is 364 g/mol. The van der Waals surface area contributed by atoms with Crippen molar-refractivity contribution in [2.24, 2.45) is 0 Å². The van der Waals surface area contributed by atoms with Crippen molar-refractivity contribution >= 4 is 23.3 Å². The summed E-state index contributed by atoms with van der Waals surface area (Å²) >= 11 is 0. The number of hydrogen-bond donors (Lipinski definition) is 1. The second-order valence-corrected chi connectivity index (χ2v) is 6.42. The van der Waals surface area contributed by atoms with E-state index in [1.54, 1.807) is 25.1 Å². The van der Waals surface area contributed by atoms with Crippen molar-refractivity contribution in [2.75, 3.05) is 18.5 Å². The Hall–Kier alpha value is -3.42. The van der Waals surface area contributed by atoms with Crippen LogP contribution in [0.2, 0.25) is 0 Å². The average molecular weight is 386 g/mol. The zero-order valence-corrected chi connectivity index (χ0v) is 15.9. The van der Waals surface area contributed by atoms with Gasteiger partial charge in [0.25, 0.3) is 11.6 Å². The number of amides is 1. The molecule has 0 saturated carbocycles. The van der Waals surface area contributed by atoms with Crippen LogP contribution in [0.3, 0.4) is 0 Å². The minimum Gasteiger partial charge on any atom is -0.482 e. The number of esters is 1. The number of nitro benzene ring substituents is 1. The molecule has 0 fully saturated rings. The van der Waals surface area contributed by atoms with Crippen LogP contribution in [0.4, 0.5) is 11.4 Å². The van der Waals surface area contributed by atoms with Crippen LogP contribution in [-0.2, 0) is 14.3 Å². The van der Waals surface area contributed by atoms with Gasteiger partial charge < -0.3 is 14.8 Å². The van der Waals surface area contributed by atoms with Crippen LogP contribution >= 0.6 is 0 Å². The van der Waals surface area contributed by atoms with Gasteiger partial charge in [-0.15, -0.1) is 0 Å². The molecule has 0 bridgehead atoms. The van der Waals surface area contributed by atoms with Crippen molar-refractivity contribution in [1.82, 2.24) is 0 Å². The van der Waals surface area contributed by atoms with E-state index in [2.05, 4.69) is 5.32 Å². The lowest BCUT2D eigenvalue weighted by Gasteiger charge is -2.13.